The average Bonchev–Trinajstić information content (AvgIpc) is 2.88. The van der Waals surface area contributed by atoms with Gasteiger partial charge in [0.05, 0.1) is 13.7 Å². The van der Waals surface area contributed by atoms with Gasteiger partial charge in [-0.3, -0.25) is 0 Å². The summed E-state index contributed by atoms with van der Waals surface area (Å²) in [6.07, 6.45) is 0.852. The van der Waals surface area contributed by atoms with Gasteiger partial charge in [0.1, 0.15) is 5.75 Å². The Kier molecular flexibility index (Phi) is 3.82. The molecule has 0 amide bonds. The summed E-state index contributed by atoms with van der Waals surface area (Å²) in [5, 5.41) is 0. The second kappa shape index (κ2) is 5.53. The number of hydrogen-bond acceptors (Lipinski definition) is 5. The van der Waals surface area contributed by atoms with Gasteiger partial charge in [0, 0.05) is 0 Å². The molecule has 5 nitrogen and oxygen atoms in total. The second-order valence-electron chi connectivity index (χ2n) is 3.78. The number of benzene rings is 1. The Labute approximate surface area is 105 Å². The molecule has 0 aromatic heterocycles. The predicted molar refractivity (Wildman–Crippen MR) is 65.7 cm³/mol. The number of aliphatic imine (C=N–C) groups is 1. The number of ether oxygens (including phenoxy) is 3. The van der Waals surface area contributed by atoms with Crippen LogP contribution in [0.25, 0.3) is 0 Å². The van der Waals surface area contributed by atoms with Gasteiger partial charge in [-0.05, 0) is 24.6 Å². The number of rotatable bonds is 4. The van der Waals surface area contributed by atoms with Gasteiger partial charge in [0.15, 0.2) is 18.5 Å². The van der Waals surface area contributed by atoms with Crippen molar-refractivity contribution in [1.29, 1.82) is 0 Å². The van der Waals surface area contributed by atoms with Crippen LogP contribution in [0, 0.1) is 0 Å². The van der Waals surface area contributed by atoms with Crippen LogP contribution in [0.1, 0.15) is 18.6 Å². The molecule has 96 valence electrons. The third-order valence-corrected chi connectivity index (χ3v) is 2.67. The first-order valence-electron chi connectivity index (χ1n) is 5.74. The maximum atomic E-state index is 11.7. The van der Waals surface area contributed by atoms with E-state index in [4.69, 9.17) is 14.2 Å². The van der Waals surface area contributed by atoms with E-state index in [-0.39, 0.29) is 5.97 Å². The minimum Gasteiger partial charge on any atom is -0.497 e. The molecule has 1 aromatic carbocycles. The van der Waals surface area contributed by atoms with Crippen molar-refractivity contribution >= 4 is 12.4 Å². The molecule has 2 unspecified atom stereocenters. The van der Waals surface area contributed by atoms with E-state index in [0.29, 0.717) is 12.4 Å². The lowest BCUT2D eigenvalue weighted by Crippen LogP contribution is -2.26. The molecular formula is C13H15NO4. The largest absolute Gasteiger partial charge is 0.497 e. The highest BCUT2D eigenvalue weighted by Gasteiger charge is 2.35. The summed E-state index contributed by atoms with van der Waals surface area (Å²) in [4.78, 5) is 15.7. The van der Waals surface area contributed by atoms with Crippen LogP contribution in [-0.4, -0.2) is 32.1 Å². The van der Waals surface area contributed by atoms with E-state index < -0.39 is 12.1 Å². The standard InChI is InChI=1S/C13H15NO4/c1-3-17-13(15)11-12(18-8-14-11)9-5-4-6-10(7-9)16-2/h4-8,11-12H,3H2,1-2H3. The summed E-state index contributed by atoms with van der Waals surface area (Å²) >= 11 is 0. The van der Waals surface area contributed by atoms with Gasteiger partial charge < -0.3 is 14.2 Å². The zero-order chi connectivity index (χ0) is 13.0. The Bertz CT molecular complexity index is 458. The summed E-state index contributed by atoms with van der Waals surface area (Å²) in [7, 11) is 1.59. The molecule has 0 spiro atoms. The lowest BCUT2D eigenvalue weighted by molar-refractivity contribution is -0.146. The molecule has 2 atom stereocenters. The highest BCUT2D eigenvalue weighted by atomic mass is 16.5. The molecule has 1 aromatic rings. The van der Waals surface area contributed by atoms with E-state index in [9.17, 15) is 4.79 Å². The molecule has 0 N–H and O–H groups in total. The minimum absolute atomic E-state index is 0.329. The fourth-order valence-corrected chi connectivity index (χ4v) is 1.81. The fourth-order valence-electron chi connectivity index (χ4n) is 1.81. The van der Waals surface area contributed by atoms with Gasteiger partial charge in [-0.15, -0.1) is 0 Å². The third kappa shape index (κ3) is 2.45. The van der Waals surface area contributed by atoms with E-state index in [1.807, 2.05) is 24.3 Å². The zero-order valence-electron chi connectivity index (χ0n) is 10.3. The topological polar surface area (TPSA) is 57.1 Å². The highest BCUT2D eigenvalue weighted by molar-refractivity contribution is 5.80. The number of carbonyl (C=O) groups is 1. The molecule has 5 heteroatoms. The molecular weight excluding hydrogens is 234 g/mol. The molecule has 1 heterocycles. The van der Waals surface area contributed by atoms with Crippen LogP contribution in [0.5, 0.6) is 5.75 Å². The molecule has 2 rings (SSSR count). The van der Waals surface area contributed by atoms with Crippen molar-refractivity contribution in [3.05, 3.63) is 29.8 Å². The summed E-state index contributed by atoms with van der Waals surface area (Å²) in [6.45, 7) is 2.09. The second-order valence-corrected chi connectivity index (χ2v) is 3.78. The molecule has 0 aliphatic carbocycles. The molecule has 0 saturated heterocycles. The number of nitrogens with zero attached hydrogens (tertiary/aromatic N) is 1. The van der Waals surface area contributed by atoms with Crippen molar-refractivity contribution in [3.63, 3.8) is 0 Å². The number of hydrogen-bond donors (Lipinski definition) is 0. The van der Waals surface area contributed by atoms with Crippen LogP contribution in [0.3, 0.4) is 0 Å². The number of methoxy groups -OCH3 is 1. The van der Waals surface area contributed by atoms with E-state index in [2.05, 4.69) is 4.99 Å². The molecule has 0 fully saturated rings. The van der Waals surface area contributed by atoms with Crippen LogP contribution in [0.15, 0.2) is 29.3 Å². The zero-order valence-corrected chi connectivity index (χ0v) is 10.3. The molecule has 0 saturated carbocycles. The Morgan fingerprint density at radius 2 is 2.33 bits per heavy atom. The molecule has 1 aliphatic heterocycles. The van der Waals surface area contributed by atoms with Gasteiger partial charge in [-0.2, -0.15) is 0 Å². The van der Waals surface area contributed by atoms with Crippen LogP contribution in [-0.2, 0) is 14.3 Å². The van der Waals surface area contributed by atoms with Crippen molar-refractivity contribution in [2.45, 2.75) is 19.1 Å². The average molecular weight is 249 g/mol. The maximum Gasteiger partial charge on any atom is 0.335 e. The Morgan fingerprint density at radius 1 is 1.50 bits per heavy atom. The molecule has 0 bridgehead atoms. The predicted octanol–water partition coefficient (Wildman–Crippen LogP) is 1.73. The summed E-state index contributed by atoms with van der Waals surface area (Å²) in [6, 6.07) is 6.73. The number of carbonyl (C=O) groups excluding carboxylic acids is 1. The van der Waals surface area contributed by atoms with E-state index in [1.54, 1.807) is 14.0 Å². The Balaban J connectivity index is 2.19. The Morgan fingerprint density at radius 3 is 3.06 bits per heavy atom. The summed E-state index contributed by atoms with van der Waals surface area (Å²) in [5.74, 6) is 0.338. The molecule has 18 heavy (non-hydrogen) atoms. The monoisotopic (exact) mass is 249 g/mol. The van der Waals surface area contributed by atoms with E-state index in [0.717, 1.165) is 5.56 Å². The van der Waals surface area contributed by atoms with Crippen LogP contribution in [0.2, 0.25) is 0 Å². The lowest BCUT2D eigenvalue weighted by Gasteiger charge is -2.16. The minimum atomic E-state index is -0.642. The van der Waals surface area contributed by atoms with Gasteiger partial charge >= 0.3 is 5.97 Å². The fraction of sp³-hybridized carbons (Fsp3) is 0.385. The van der Waals surface area contributed by atoms with E-state index >= 15 is 0 Å². The first-order valence-corrected chi connectivity index (χ1v) is 5.74. The van der Waals surface area contributed by atoms with Crippen molar-refractivity contribution in [1.82, 2.24) is 0 Å². The van der Waals surface area contributed by atoms with Gasteiger partial charge in [0.25, 0.3) is 0 Å². The van der Waals surface area contributed by atoms with E-state index in [1.165, 1.54) is 6.40 Å². The maximum absolute atomic E-state index is 11.7. The highest BCUT2D eigenvalue weighted by Crippen LogP contribution is 2.29. The first-order chi connectivity index (χ1) is 8.76. The van der Waals surface area contributed by atoms with Crippen molar-refractivity contribution in [2.75, 3.05) is 13.7 Å². The first kappa shape index (κ1) is 12.4. The van der Waals surface area contributed by atoms with Crippen molar-refractivity contribution in [2.24, 2.45) is 4.99 Å². The van der Waals surface area contributed by atoms with Crippen molar-refractivity contribution < 1.29 is 19.0 Å². The molecule has 1 aliphatic rings. The van der Waals surface area contributed by atoms with Crippen LogP contribution >= 0.6 is 0 Å². The van der Waals surface area contributed by atoms with Crippen LogP contribution in [0.4, 0.5) is 0 Å². The smallest absolute Gasteiger partial charge is 0.335 e. The number of esters is 1. The third-order valence-electron chi connectivity index (χ3n) is 2.67. The normalized spacial score (nSPS) is 21.4. The summed E-state index contributed by atoms with van der Waals surface area (Å²) < 4.78 is 15.5. The Hall–Kier alpha value is -2.04. The quantitative estimate of drug-likeness (QED) is 0.762. The van der Waals surface area contributed by atoms with Crippen LogP contribution < -0.4 is 4.74 Å². The summed E-state index contributed by atoms with van der Waals surface area (Å²) in [5.41, 5.74) is 0.838. The van der Waals surface area contributed by atoms with Gasteiger partial charge in [-0.25, -0.2) is 9.79 Å². The van der Waals surface area contributed by atoms with Gasteiger partial charge in [0.2, 0.25) is 0 Å². The molecule has 0 radical (unpaired) electrons. The van der Waals surface area contributed by atoms with Crippen molar-refractivity contribution in [3.8, 4) is 5.75 Å². The van der Waals surface area contributed by atoms with Gasteiger partial charge in [-0.1, -0.05) is 12.1 Å². The lowest BCUT2D eigenvalue weighted by atomic mass is 10.0. The SMILES string of the molecule is CCOC(=O)C1N=COC1c1cccc(OC)c1.